The summed E-state index contributed by atoms with van der Waals surface area (Å²) in [7, 11) is 0. The molecule has 1 heterocycles. The molecule has 0 bridgehead atoms. The molecular weight excluding hydrogens is 550 g/mol. The Balaban J connectivity index is 0.00000150. The van der Waals surface area contributed by atoms with Crippen LogP contribution < -0.4 is 5.63 Å². The first kappa shape index (κ1) is 26.2. The van der Waals surface area contributed by atoms with Gasteiger partial charge in [-0.15, -0.1) is 0 Å². The van der Waals surface area contributed by atoms with E-state index < -0.39 is 34.3 Å². The van der Waals surface area contributed by atoms with Gasteiger partial charge >= 0.3 is 11.8 Å². The number of rotatable bonds is 1. The third-order valence-electron chi connectivity index (χ3n) is 5.07. The standard InChI is InChI=1S/C20H13F3O4.Gd.2H2O/c1-19(2)12-6-4-3-5-9(12)10-7-11-14(8-13(10)19)27-18(26)15(16(11)24)17(25)20(21,22)23;;;/h3-8,24H,1-2H3;;2*1H2. The second-order valence-electron chi connectivity index (χ2n) is 7.00. The van der Waals surface area contributed by atoms with E-state index in [1.54, 1.807) is 0 Å². The summed E-state index contributed by atoms with van der Waals surface area (Å²) in [5.41, 5.74) is -0.0231. The van der Waals surface area contributed by atoms with Gasteiger partial charge in [-0.25, -0.2) is 4.79 Å². The van der Waals surface area contributed by atoms with Gasteiger partial charge in [0.2, 0.25) is 0 Å². The van der Waals surface area contributed by atoms with Crippen molar-refractivity contribution in [3.05, 3.63) is 63.5 Å². The van der Waals surface area contributed by atoms with Crippen LogP contribution in [-0.2, 0) is 5.41 Å². The fourth-order valence-corrected chi connectivity index (χ4v) is 3.72. The zero-order valence-corrected chi connectivity index (χ0v) is 17.9. The van der Waals surface area contributed by atoms with Crippen molar-refractivity contribution >= 4 is 16.8 Å². The topological polar surface area (TPSA) is 131 Å². The van der Waals surface area contributed by atoms with Gasteiger partial charge in [0.05, 0.1) is 5.39 Å². The van der Waals surface area contributed by atoms with Crippen molar-refractivity contribution in [1.82, 2.24) is 0 Å². The van der Waals surface area contributed by atoms with Crippen LogP contribution in [0.5, 0.6) is 5.75 Å². The Morgan fingerprint density at radius 2 is 1.63 bits per heavy atom. The second-order valence-corrected chi connectivity index (χ2v) is 7.00. The van der Waals surface area contributed by atoms with Crippen LogP contribution in [0.1, 0.15) is 35.3 Å². The smallest absolute Gasteiger partial charge is 0.455 e. The Morgan fingerprint density at radius 1 is 1.03 bits per heavy atom. The molecular formula is C20H17F3GdO6. The third-order valence-corrected chi connectivity index (χ3v) is 5.07. The van der Waals surface area contributed by atoms with E-state index in [0.717, 1.165) is 16.7 Å². The van der Waals surface area contributed by atoms with Gasteiger partial charge in [0, 0.05) is 45.4 Å². The van der Waals surface area contributed by atoms with Gasteiger partial charge < -0.3 is 20.5 Å². The number of halogens is 3. The molecule has 0 saturated heterocycles. The van der Waals surface area contributed by atoms with Crippen LogP contribution in [0.25, 0.3) is 22.1 Å². The molecule has 6 nitrogen and oxygen atoms in total. The van der Waals surface area contributed by atoms with Crippen LogP contribution in [0.2, 0.25) is 0 Å². The minimum Gasteiger partial charge on any atom is -0.506 e. The van der Waals surface area contributed by atoms with Crippen molar-refractivity contribution in [2.75, 3.05) is 0 Å². The van der Waals surface area contributed by atoms with Crippen molar-refractivity contribution < 1.29 is 78.4 Å². The number of alkyl halides is 3. The molecule has 0 radical (unpaired) electrons. The predicted molar refractivity (Wildman–Crippen MR) is 99.3 cm³/mol. The minimum atomic E-state index is -5.30. The molecule has 2 aromatic carbocycles. The van der Waals surface area contributed by atoms with Crippen molar-refractivity contribution in [2.45, 2.75) is 25.4 Å². The summed E-state index contributed by atoms with van der Waals surface area (Å²) in [4.78, 5) is 23.5. The molecule has 0 spiro atoms. The Kier molecular flexibility index (Phi) is 7.29. The molecule has 162 valence electrons. The van der Waals surface area contributed by atoms with Crippen LogP contribution in [0, 0.1) is 39.9 Å². The molecule has 1 aromatic heterocycles. The van der Waals surface area contributed by atoms with Gasteiger partial charge in [-0.1, -0.05) is 38.1 Å². The van der Waals surface area contributed by atoms with Gasteiger partial charge in [-0.3, -0.25) is 4.79 Å². The maximum absolute atomic E-state index is 12.8. The minimum absolute atomic E-state index is 0. The number of hydrogen-bond acceptors (Lipinski definition) is 4. The first-order valence-corrected chi connectivity index (χ1v) is 8.09. The monoisotopic (exact) mass is 568 g/mol. The van der Waals surface area contributed by atoms with E-state index in [1.807, 2.05) is 38.1 Å². The fourth-order valence-electron chi connectivity index (χ4n) is 3.72. The van der Waals surface area contributed by atoms with E-state index >= 15 is 0 Å². The van der Waals surface area contributed by atoms with Gasteiger partial charge in [-0.05, 0) is 34.4 Å². The molecule has 0 unspecified atom stereocenters. The molecule has 1 aliphatic carbocycles. The van der Waals surface area contributed by atoms with E-state index in [-0.39, 0.29) is 61.9 Å². The molecule has 0 aliphatic heterocycles. The summed E-state index contributed by atoms with van der Waals surface area (Å²) in [6, 6.07) is 10.5. The van der Waals surface area contributed by atoms with Crippen molar-refractivity contribution in [3.63, 3.8) is 0 Å². The normalized spacial score (nSPS) is 13.4. The molecule has 0 fully saturated rings. The quantitative estimate of drug-likeness (QED) is 0.358. The first-order chi connectivity index (χ1) is 12.5. The summed E-state index contributed by atoms with van der Waals surface area (Å²) < 4.78 is 43.3. The average molecular weight is 568 g/mol. The van der Waals surface area contributed by atoms with Gasteiger partial charge in [0.25, 0.3) is 5.78 Å². The van der Waals surface area contributed by atoms with Crippen molar-refractivity contribution in [2.24, 2.45) is 0 Å². The number of carbonyl (C=O) groups excluding carboxylic acids is 1. The summed E-state index contributed by atoms with van der Waals surface area (Å²) in [5.74, 6) is -3.45. The van der Waals surface area contributed by atoms with Crippen LogP contribution >= 0.6 is 0 Å². The molecule has 0 saturated carbocycles. The number of ketones is 1. The zero-order chi connectivity index (χ0) is 19.7. The Bertz CT molecular complexity index is 1200. The van der Waals surface area contributed by atoms with Crippen molar-refractivity contribution in [3.8, 4) is 16.9 Å². The van der Waals surface area contributed by atoms with E-state index in [2.05, 4.69) is 0 Å². The maximum atomic E-state index is 12.8. The van der Waals surface area contributed by atoms with Gasteiger partial charge in [-0.2, -0.15) is 13.2 Å². The first-order valence-electron chi connectivity index (χ1n) is 8.09. The van der Waals surface area contributed by atoms with E-state index in [9.17, 15) is 27.9 Å². The molecule has 0 atom stereocenters. The van der Waals surface area contributed by atoms with Crippen LogP contribution in [-0.4, -0.2) is 28.0 Å². The number of hydrogen-bond donors (Lipinski definition) is 1. The Morgan fingerprint density at radius 3 is 2.23 bits per heavy atom. The fraction of sp³-hybridized carbons (Fsp3) is 0.200. The Labute approximate surface area is 200 Å². The summed E-state index contributed by atoms with van der Waals surface area (Å²) in [5, 5.41) is 10.2. The molecule has 30 heavy (non-hydrogen) atoms. The number of Topliss-reactive ketones (excluding diaryl/α,β-unsaturated/α-hetero) is 1. The van der Waals surface area contributed by atoms with E-state index in [4.69, 9.17) is 4.42 Å². The van der Waals surface area contributed by atoms with Crippen LogP contribution in [0.4, 0.5) is 13.2 Å². The van der Waals surface area contributed by atoms with Crippen LogP contribution in [0.15, 0.2) is 45.6 Å². The van der Waals surface area contributed by atoms with E-state index in [1.165, 1.54) is 12.1 Å². The largest absolute Gasteiger partial charge is 0.506 e. The maximum Gasteiger partial charge on any atom is 0.455 e. The molecule has 1 aliphatic rings. The van der Waals surface area contributed by atoms with Crippen molar-refractivity contribution in [1.29, 1.82) is 0 Å². The average Bonchev–Trinajstić information content (AvgIpc) is 2.81. The molecule has 4 rings (SSSR count). The predicted octanol–water partition coefficient (Wildman–Crippen LogP) is 2.90. The summed E-state index contributed by atoms with van der Waals surface area (Å²) in [6.45, 7) is 3.95. The molecule has 0 amide bonds. The summed E-state index contributed by atoms with van der Waals surface area (Å²) >= 11 is 0. The van der Waals surface area contributed by atoms with E-state index in [0.29, 0.717) is 5.56 Å². The zero-order valence-electron chi connectivity index (χ0n) is 15.6. The SMILES string of the molecule is CC1(C)c2ccccc2-c2cc3c(O)c(C(=O)C(F)(F)F)c(=O)oc3cc21.O.O.[Gd]. The number of carbonyl (C=O) groups is 1. The second kappa shape index (κ2) is 8.35. The van der Waals surface area contributed by atoms with Crippen LogP contribution in [0.3, 0.4) is 0 Å². The molecule has 10 heteroatoms. The summed E-state index contributed by atoms with van der Waals surface area (Å²) in [6.07, 6.45) is -5.30. The Hall–Kier alpha value is -1.85. The van der Waals surface area contributed by atoms with Gasteiger partial charge in [0.1, 0.15) is 11.3 Å². The number of aromatic hydroxyl groups is 1. The van der Waals surface area contributed by atoms with Gasteiger partial charge in [0.15, 0.2) is 5.56 Å². The number of benzene rings is 2. The molecule has 5 N–H and O–H groups in total. The third kappa shape index (κ3) is 3.67. The number of fused-ring (bicyclic) bond motifs is 4. The molecule has 3 aromatic rings.